The van der Waals surface area contributed by atoms with Gasteiger partial charge in [0.2, 0.25) is 0 Å². The summed E-state index contributed by atoms with van der Waals surface area (Å²) in [4.78, 5) is 13.0. The molecule has 152 valence electrons. The van der Waals surface area contributed by atoms with Crippen molar-refractivity contribution in [3.05, 3.63) is 53.8 Å². The van der Waals surface area contributed by atoms with Gasteiger partial charge in [-0.3, -0.25) is 19.4 Å². The second-order valence-electron chi connectivity index (χ2n) is 6.94. The van der Waals surface area contributed by atoms with E-state index in [1.165, 1.54) is 5.69 Å². The van der Waals surface area contributed by atoms with Gasteiger partial charge >= 0.3 is 0 Å². The van der Waals surface area contributed by atoms with E-state index in [1.807, 2.05) is 33.8 Å². The summed E-state index contributed by atoms with van der Waals surface area (Å²) in [6, 6.07) is 8.03. The van der Waals surface area contributed by atoms with Gasteiger partial charge in [0, 0.05) is 69.3 Å². The maximum atomic E-state index is 5.74. The Morgan fingerprint density at radius 3 is 2.28 bits per heavy atom. The quantitative estimate of drug-likeness (QED) is 0.553. The third kappa shape index (κ3) is 4.52. The zero-order valence-corrected chi connectivity index (χ0v) is 17.3. The molecular weight excluding hydrogens is 386 g/mol. The molecule has 0 atom stereocenters. The van der Waals surface area contributed by atoms with E-state index in [1.54, 1.807) is 19.5 Å². The number of hydrogen-bond acceptors (Lipinski definition) is 7. The molecule has 0 bridgehead atoms. The number of piperazine rings is 1. The van der Waals surface area contributed by atoms with Gasteiger partial charge in [0.05, 0.1) is 19.8 Å². The monoisotopic (exact) mass is 411 g/mol. The van der Waals surface area contributed by atoms with Crippen LogP contribution in [0, 0.1) is 4.77 Å². The molecule has 8 nitrogen and oxygen atoms in total. The molecule has 0 unspecified atom stereocenters. The molecule has 29 heavy (non-hydrogen) atoms. The molecule has 4 rings (SSSR count). The van der Waals surface area contributed by atoms with Crippen LogP contribution in [0.5, 0.6) is 0 Å². The van der Waals surface area contributed by atoms with Crippen LogP contribution in [0.1, 0.15) is 0 Å². The van der Waals surface area contributed by atoms with Crippen LogP contribution in [-0.4, -0.2) is 69.1 Å². The highest BCUT2D eigenvalue weighted by atomic mass is 32.1. The Bertz CT molecular complexity index is 965. The van der Waals surface area contributed by atoms with Crippen LogP contribution < -0.4 is 4.90 Å². The molecule has 1 aliphatic heterocycles. The van der Waals surface area contributed by atoms with E-state index in [4.69, 9.17) is 22.1 Å². The number of ether oxygens (including phenoxy) is 1. The van der Waals surface area contributed by atoms with E-state index in [-0.39, 0.29) is 0 Å². The summed E-state index contributed by atoms with van der Waals surface area (Å²) in [6.45, 7) is 5.80. The molecular formula is C20H25N7OS. The number of pyridine rings is 2. The normalized spacial score (nSPS) is 15.0. The third-order valence-corrected chi connectivity index (χ3v) is 5.55. The molecule has 1 fully saturated rings. The lowest BCUT2D eigenvalue weighted by Crippen LogP contribution is -2.47. The molecule has 0 aliphatic carbocycles. The zero-order valence-electron chi connectivity index (χ0n) is 16.5. The fraction of sp³-hybridized carbons (Fsp3) is 0.400. The Balaban J connectivity index is 1.49. The molecule has 0 radical (unpaired) electrons. The van der Waals surface area contributed by atoms with Crippen LogP contribution in [-0.2, 0) is 18.0 Å². The summed E-state index contributed by atoms with van der Waals surface area (Å²) in [5.41, 5.74) is 2.23. The van der Waals surface area contributed by atoms with Crippen molar-refractivity contribution in [2.45, 2.75) is 13.2 Å². The molecule has 1 saturated heterocycles. The number of nitrogens with zero attached hydrogens (tertiary/aromatic N) is 7. The van der Waals surface area contributed by atoms with Crippen LogP contribution in [0.4, 0.5) is 5.69 Å². The molecule has 3 aromatic rings. The zero-order chi connectivity index (χ0) is 20.1. The summed E-state index contributed by atoms with van der Waals surface area (Å²) >= 11 is 5.74. The lowest BCUT2D eigenvalue weighted by molar-refractivity contribution is 0.183. The Labute approximate surface area is 175 Å². The van der Waals surface area contributed by atoms with Crippen molar-refractivity contribution >= 4 is 17.9 Å². The average molecular weight is 412 g/mol. The maximum absolute atomic E-state index is 5.74. The summed E-state index contributed by atoms with van der Waals surface area (Å²) in [7, 11) is 1.70. The average Bonchev–Trinajstić information content (AvgIpc) is 3.09. The van der Waals surface area contributed by atoms with Gasteiger partial charge in [0.15, 0.2) is 10.6 Å². The minimum Gasteiger partial charge on any atom is -0.383 e. The fourth-order valence-electron chi connectivity index (χ4n) is 3.52. The third-order valence-electron chi connectivity index (χ3n) is 5.11. The first-order valence-electron chi connectivity index (χ1n) is 9.70. The largest absolute Gasteiger partial charge is 0.383 e. The summed E-state index contributed by atoms with van der Waals surface area (Å²) in [6.07, 6.45) is 7.23. The van der Waals surface area contributed by atoms with E-state index < -0.39 is 0 Å². The van der Waals surface area contributed by atoms with Gasteiger partial charge in [0.1, 0.15) is 0 Å². The number of methoxy groups -OCH3 is 1. The molecule has 9 heteroatoms. The minimum atomic E-state index is 0.586. The lowest BCUT2D eigenvalue weighted by atomic mass is 10.2. The smallest absolute Gasteiger partial charge is 0.199 e. The lowest BCUT2D eigenvalue weighted by Gasteiger charge is -2.35. The first-order chi connectivity index (χ1) is 14.3. The molecule has 3 aromatic heterocycles. The standard InChI is InChI=1S/C20H25N7OS/c1-28-15-14-26-19(17-2-6-21-7-3-17)23-27(20(26)29)16-24-10-12-25(13-11-24)18-4-8-22-9-5-18/h2-9H,10-16H2,1H3. The van der Waals surface area contributed by atoms with E-state index in [2.05, 4.69) is 31.9 Å². The van der Waals surface area contributed by atoms with Gasteiger partial charge in [-0.2, -0.15) is 5.10 Å². The Kier molecular flexibility index (Phi) is 6.28. The predicted octanol–water partition coefficient (Wildman–Crippen LogP) is 2.30. The number of anilines is 1. The summed E-state index contributed by atoms with van der Waals surface area (Å²) in [5, 5.41) is 4.83. The second-order valence-corrected chi connectivity index (χ2v) is 7.30. The highest BCUT2D eigenvalue weighted by molar-refractivity contribution is 7.71. The van der Waals surface area contributed by atoms with Crippen LogP contribution in [0.2, 0.25) is 0 Å². The van der Waals surface area contributed by atoms with Gasteiger partial charge in [-0.05, 0) is 36.5 Å². The first kappa shape index (κ1) is 19.7. The molecule has 0 amide bonds. The van der Waals surface area contributed by atoms with E-state index in [0.717, 1.165) is 37.6 Å². The number of aromatic nitrogens is 5. The second kappa shape index (κ2) is 9.25. The van der Waals surface area contributed by atoms with Crippen molar-refractivity contribution in [2.24, 2.45) is 0 Å². The summed E-state index contributed by atoms with van der Waals surface area (Å²) < 4.78 is 9.94. The van der Waals surface area contributed by atoms with Crippen molar-refractivity contribution in [3.8, 4) is 11.4 Å². The molecule has 4 heterocycles. The molecule has 1 aliphatic rings. The Hall–Kier alpha value is -2.62. The molecule has 0 aromatic carbocycles. The van der Waals surface area contributed by atoms with Crippen LogP contribution in [0.25, 0.3) is 11.4 Å². The van der Waals surface area contributed by atoms with E-state index in [0.29, 0.717) is 24.6 Å². The minimum absolute atomic E-state index is 0.586. The van der Waals surface area contributed by atoms with Gasteiger partial charge in [-0.1, -0.05) is 0 Å². The Morgan fingerprint density at radius 2 is 1.62 bits per heavy atom. The first-order valence-corrected chi connectivity index (χ1v) is 10.1. The van der Waals surface area contributed by atoms with Gasteiger partial charge in [-0.25, -0.2) is 4.68 Å². The predicted molar refractivity (Wildman–Crippen MR) is 114 cm³/mol. The molecule has 0 N–H and O–H groups in total. The number of rotatable bonds is 7. The van der Waals surface area contributed by atoms with Crippen molar-refractivity contribution in [1.29, 1.82) is 0 Å². The van der Waals surface area contributed by atoms with Crippen molar-refractivity contribution in [3.63, 3.8) is 0 Å². The highest BCUT2D eigenvalue weighted by Crippen LogP contribution is 2.19. The fourth-order valence-corrected chi connectivity index (χ4v) is 3.80. The highest BCUT2D eigenvalue weighted by Gasteiger charge is 2.19. The van der Waals surface area contributed by atoms with Gasteiger partial charge < -0.3 is 9.64 Å². The van der Waals surface area contributed by atoms with Crippen molar-refractivity contribution in [1.82, 2.24) is 29.2 Å². The molecule has 0 saturated carbocycles. The van der Waals surface area contributed by atoms with Gasteiger partial charge in [-0.15, -0.1) is 0 Å². The van der Waals surface area contributed by atoms with Crippen LogP contribution in [0.15, 0.2) is 49.1 Å². The summed E-state index contributed by atoms with van der Waals surface area (Å²) in [5.74, 6) is 0.852. The van der Waals surface area contributed by atoms with Crippen molar-refractivity contribution in [2.75, 3.05) is 44.8 Å². The van der Waals surface area contributed by atoms with E-state index >= 15 is 0 Å². The van der Waals surface area contributed by atoms with Crippen LogP contribution >= 0.6 is 12.2 Å². The Morgan fingerprint density at radius 1 is 0.966 bits per heavy atom. The van der Waals surface area contributed by atoms with E-state index in [9.17, 15) is 0 Å². The van der Waals surface area contributed by atoms with Gasteiger partial charge in [0.25, 0.3) is 0 Å². The number of hydrogen-bond donors (Lipinski definition) is 0. The molecule has 0 spiro atoms. The SMILES string of the molecule is COCCn1c(-c2ccncc2)nn(CN2CCN(c3ccncc3)CC2)c1=S. The van der Waals surface area contributed by atoms with Crippen molar-refractivity contribution < 1.29 is 4.74 Å². The topological polar surface area (TPSA) is 64.2 Å². The maximum Gasteiger partial charge on any atom is 0.199 e. The van der Waals surface area contributed by atoms with Crippen LogP contribution in [0.3, 0.4) is 0 Å².